The van der Waals surface area contributed by atoms with Gasteiger partial charge in [-0.25, -0.2) is 8.42 Å². The summed E-state index contributed by atoms with van der Waals surface area (Å²) in [5.41, 5.74) is 0. The average Bonchev–Trinajstić information content (AvgIpc) is 2.69. The van der Waals surface area contributed by atoms with Crippen molar-refractivity contribution in [1.82, 2.24) is 9.21 Å². The number of hydrogen-bond donors (Lipinski definition) is 0. The molecule has 1 aliphatic carbocycles. The van der Waals surface area contributed by atoms with E-state index in [1.54, 1.807) is 35.6 Å². The molecule has 1 saturated heterocycles. The summed E-state index contributed by atoms with van der Waals surface area (Å²) in [5.74, 6) is 0. The molecule has 3 rings (SSSR count). The lowest BCUT2D eigenvalue weighted by atomic mass is 9.93. The molecule has 152 valence electrons. The maximum atomic E-state index is 12.8. The third-order valence-corrected chi connectivity index (χ3v) is 7.97. The molecular formula is C19H29BrN2O4S. The summed E-state index contributed by atoms with van der Waals surface area (Å²) < 4.78 is 39.5. The Balaban J connectivity index is 1.44. The van der Waals surface area contributed by atoms with E-state index in [0.29, 0.717) is 4.90 Å². The topological polar surface area (TPSA) is 59.1 Å². The van der Waals surface area contributed by atoms with Gasteiger partial charge in [-0.2, -0.15) is 4.31 Å². The van der Waals surface area contributed by atoms with Crippen LogP contribution in [0.3, 0.4) is 0 Å². The fourth-order valence-electron chi connectivity index (χ4n) is 3.72. The Morgan fingerprint density at radius 2 is 1.78 bits per heavy atom. The Hall–Kier alpha value is -0.510. The third kappa shape index (κ3) is 5.74. The van der Waals surface area contributed by atoms with Crippen molar-refractivity contribution < 1.29 is 17.9 Å². The minimum Gasteiger partial charge on any atom is -0.379 e. The van der Waals surface area contributed by atoms with Gasteiger partial charge in [0.15, 0.2) is 0 Å². The Kier molecular flexibility index (Phi) is 7.70. The summed E-state index contributed by atoms with van der Waals surface area (Å²) >= 11 is 3.35. The minimum atomic E-state index is -3.45. The number of morpholine rings is 1. The quantitative estimate of drug-likeness (QED) is 0.625. The summed E-state index contributed by atoms with van der Waals surface area (Å²) in [5, 5.41) is 0. The van der Waals surface area contributed by atoms with Crippen molar-refractivity contribution in [3.05, 3.63) is 28.7 Å². The Morgan fingerprint density at radius 3 is 2.41 bits per heavy atom. The van der Waals surface area contributed by atoms with Crippen LogP contribution in [0.5, 0.6) is 0 Å². The monoisotopic (exact) mass is 460 g/mol. The molecule has 0 radical (unpaired) electrons. The maximum absolute atomic E-state index is 12.8. The van der Waals surface area contributed by atoms with Crippen molar-refractivity contribution in [2.45, 2.75) is 42.7 Å². The maximum Gasteiger partial charge on any atom is 0.243 e. The highest BCUT2D eigenvalue weighted by atomic mass is 79.9. The predicted octanol–water partition coefficient (Wildman–Crippen LogP) is 2.73. The summed E-state index contributed by atoms with van der Waals surface area (Å²) in [6, 6.07) is 6.87. The Morgan fingerprint density at radius 1 is 1.15 bits per heavy atom. The zero-order valence-corrected chi connectivity index (χ0v) is 18.3. The van der Waals surface area contributed by atoms with Crippen LogP contribution in [0.2, 0.25) is 0 Å². The number of sulfonamides is 1. The van der Waals surface area contributed by atoms with Gasteiger partial charge in [0.1, 0.15) is 0 Å². The van der Waals surface area contributed by atoms with Gasteiger partial charge in [-0.1, -0.05) is 15.9 Å². The molecule has 1 saturated carbocycles. The van der Waals surface area contributed by atoms with E-state index in [9.17, 15) is 8.42 Å². The van der Waals surface area contributed by atoms with Crippen molar-refractivity contribution in [1.29, 1.82) is 0 Å². The van der Waals surface area contributed by atoms with Gasteiger partial charge in [-0.3, -0.25) is 4.90 Å². The first-order chi connectivity index (χ1) is 13.0. The van der Waals surface area contributed by atoms with Crippen molar-refractivity contribution in [3.63, 3.8) is 0 Å². The summed E-state index contributed by atoms with van der Waals surface area (Å²) in [7, 11) is -1.76. The fourth-order valence-corrected chi connectivity index (χ4v) is 5.40. The average molecular weight is 461 g/mol. The van der Waals surface area contributed by atoms with Crippen LogP contribution in [0.1, 0.15) is 25.7 Å². The van der Waals surface area contributed by atoms with Crippen molar-refractivity contribution in [2.24, 2.45) is 0 Å². The normalized spacial score (nSPS) is 25.0. The van der Waals surface area contributed by atoms with Crippen LogP contribution in [0.25, 0.3) is 0 Å². The smallest absolute Gasteiger partial charge is 0.243 e. The van der Waals surface area contributed by atoms with E-state index in [2.05, 4.69) is 20.8 Å². The largest absolute Gasteiger partial charge is 0.379 e. The van der Waals surface area contributed by atoms with E-state index in [-0.39, 0.29) is 12.1 Å². The first kappa shape index (κ1) is 21.2. The number of nitrogens with zero attached hydrogens (tertiary/aromatic N) is 2. The van der Waals surface area contributed by atoms with Gasteiger partial charge in [0, 0.05) is 37.2 Å². The molecule has 0 unspecified atom stereocenters. The van der Waals surface area contributed by atoms with Crippen LogP contribution in [-0.4, -0.2) is 76.3 Å². The van der Waals surface area contributed by atoms with Crippen LogP contribution in [-0.2, 0) is 19.5 Å². The molecule has 8 heteroatoms. The highest BCUT2D eigenvalue weighted by Crippen LogP contribution is 2.28. The second kappa shape index (κ2) is 9.80. The molecule has 0 bridgehead atoms. The number of rotatable bonds is 7. The summed E-state index contributed by atoms with van der Waals surface area (Å²) in [6.45, 7) is 5.27. The number of ether oxygens (including phenoxy) is 2. The molecular weight excluding hydrogens is 432 g/mol. The van der Waals surface area contributed by atoms with E-state index >= 15 is 0 Å². The van der Waals surface area contributed by atoms with Crippen molar-refractivity contribution >= 4 is 26.0 Å². The van der Waals surface area contributed by atoms with Crippen molar-refractivity contribution in [2.75, 3.05) is 46.5 Å². The van der Waals surface area contributed by atoms with E-state index in [1.807, 2.05) is 0 Å². The van der Waals surface area contributed by atoms with E-state index in [4.69, 9.17) is 9.47 Å². The molecule has 1 aromatic carbocycles. The van der Waals surface area contributed by atoms with Crippen LogP contribution in [0.15, 0.2) is 33.6 Å². The zero-order chi connectivity index (χ0) is 19.3. The molecule has 2 aliphatic rings. The number of hydrogen-bond acceptors (Lipinski definition) is 5. The summed E-state index contributed by atoms with van der Waals surface area (Å²) in [6.07, 6.45) is 3.75. The lowest BCUT2D eigenvalue weighted by Gasteiger charge is -2.34. The van der Waals surface area contributed by atoms with Gasteiger partial charge in [0.05, 0.1) is 30.8 Å². The highest BCUT2D eigenvalue weighted by Gasteiger charge is 2.31. The number of benzene rings is 1. The fraction of sp³-hybridized carbons (Fsp3) is 0.684. The van der Waals surface area contributed by atoms with Gasteiger partial charge in [0.2, 0.25) is 10.0 Å². The van der Waals surface area contributed by atoms with Crippen molar-refractivity contribution in [3.8, 4) is 0 Å². The van der Waals surface area contributed by atoms with E-state index in [0.717, 1.165) is 69.6 Å². The molecule has 0 amide bonds. The number of halogens is 1. The summed E-state index contributed by atoms with van der Waals surface area (Å²) in [4.78, 5) is 2.71. The second-order valence-electron chi connectivity index (χ2n) is 7.23. The molecule has 0 atom stereocenters. The van der Waals surface area contributed by atoms with Gasteiger partial charge in [-0.15, -0.1) is 0 Å². The molecule has 6 nitrogen and oxygen atoms in total. The Bertz CT molecular complexity index is 684. The molecule has 27 heavy (non-hydrogen) atoms. The minimum absolute atomic E-state index is 0.0396. The predicted molar refractivity (Wildman–Crippen MR) is 108 cm³/mol. The highest BCUT2D eigenvalue weighted by molar-refractivity contribution is 9.10. The molecule has 1 heterocycles. The van der Waals surface area contributed by atoms with Crippen LogP contribution < -0.4 is 0 Å². The molecule has 0 N–H and O–H groups in total. The first-order valence-corrected chi connectivity index (χ1v) is 11.9. The van der Waals surface area contributed by atoms with E-state index in [1.165, 1.54) is 0 Å². The third-order valence-electron chi connectivity index (χ3n) is 5.51. The molecule has 0 aromatic heterocycles. The van der Waals surface area contributed by atoms with Crippen LogP contribution >= 0.6 is 15.9 Å². The lowest BCUT2D eigenvalue weighted by Crippen LogP contribution is -2.41. The molecule has 2 fully saturated rings. The van der Waals surface area contributed by atoms with Gasteiger partial charge in [-0.05, 0) is 49.9 Å². The second-order valence-corrected chi connectivity index (χ2v) is 10.1. The molecule has 0 spiro atoms. The standard InChI is InChI=1S/C19H29BrN2O4S/c1-21(27(23,24)19-8-2-16(20)3-9-19)17-4-6-18(7-5-17)26-15-12-22-10-13-25-14-11-22/h2-3,8-9,17-18H,4-7,10-15H2,1H3. The first-order valence-electron chi connectivity index (χ1n) is 9.62. The SMILES string of the molecule is CN(C1CCC(OCCN2CCOCC2)CC1)S(=O)(=O)c1ccc(Br)cc1. The van der Waals surface area contributed by atoms with Gasteiger partial charge < -0.3 is 9.47 Å². The van der Waals surface area contributed by atoms with Gasteiger partial charge >= 0.3 is 0 Å². The molecule has 1 aromatic rings. The van der Waals surface area contributed by atoms with Crippen LogP contribution in [0, 0.1) is 0 Å². The Labute approximate surface area is 171 Å². The molecule has 1 aliphatic heterocycles. The zero-order valence-electron chi connectivity index (χ0n) is 15.8. The van der Waals surface area contributed by atoms with Gasteiger partial charge in [0.25, 0.3) is 0 Å². The van der Waals surface area contributed by atoms with Crippen LogP contribution in [0.4, 0.5) is 0 Å². The van der Waals surface area contributed by atoms with E-state index < -0.39 is 10.0 Å². The lowest BCUT2D eigenvalue weighted by molar-refractivity contribution is -0.0132.